The van der Waals surface area contributed by atoms with Crippen LogP contribution in [0.25, 0.3) is 6.08 Å². The van der Waals surface area contributed by atoms with Gasteiger partial charge in [0.2, 0.25) is 0 Å². The van der Waals surface area contributed by atoms with Crippen molar-refractivity contribution in [3.05, 3.63) is 30.1 Å². The number of aromatic nitrogens is 1. The van der Waals surface area contributed by atoms with Gasteiger partial charge in [0, 0.05) is 24.5 Å². The molecule has 0 atom stereocenters. The maximum Gasteiger partial charge on any atom is 0.151 e. The van der Waals surface area contributed by atoms with E-state index in [-0.39, 0.29) is 0 Å². The highest BCUT2D eigenvalue weighted by Gasteiger charge is 1.96. The fourth-order valence-electron chi connectivity index (χ4n) is 0.875. The second-order valence-electron chi connectivity index (χ2n) is 2.13. The molecule has 0 spiro atoms. The van der Waals surface area contributed by atoms with E-state index in [0.29, 0.717) is 5.56 Å². The van der Waals surface area contributed by atoms with Crippen molar-refractivity contribution in [2.24, 2.45) is 7.05 Å². The van der Waals surface area contributed by atoms with Crippen molar-refractivity contribution in [2.75, 3.05) is 0 Å². The molecule has 1 heterocycles. The first-order valence-corrected chi connectivity index (χ1v) is 3.02. The third kappa shape index (κ3) is 1.00. The summed E-state index contributed by atoms with van der Waals surface area (Å²) in [6.07, 6.45) is 4.31. The van der Waals surface area contributed by atoms with E-state index in [0.717, 1.165) is 12.0 Å². The van der Waals surface area contributed by atoms with Crippen LogP contribution < -0.4 is 0 Å². The summed E-state index contributed by atoms with van der Waals surface area (Å²) in [5.41, 5.74) is 1.65. The largest absolute Gasteiger partial charge is 0.350 e. The maximum absolute atomic E-state index is 10.2. The first-order valence-electron chi connectivity index (χ1n) is 3.02. The summed E-state index contributed by atoms with van der Waals surface area (Å²) >= 11 is 0. The minimum Gasteiger partial charge on any atom is -0.350 e. The van der Waals surface area contributed by atoms with Gasteiger partial charge in [-0.25, -0.2) is 0 Å². The van der Waals surface area contributed by atoms with Gasteiger partial charge in [0.1, 0.15) is 0 Å². The first kappa shape index (κ1) is 6.81. The highest BCUT2D eigenvalue weighted by Crippen LogP contribution is 2.05. The molecular weight excluding hydrogens is 126 g/mol. The summed E-state index contributed by atoms with van der Waals surface area (Å²) in [5.74, 6) is 0. The van der Waals surface area contributed by atoms with Gasteiger partial charge in [0.25, 0.3) is 0 Å². The first-order chi connectivity index (χ1) is 4.77. The van der Waals surface area contributed by atoms with Crippen LogP contribution in [0.5, 0.6) is 0 Å². The minimum atomic E-state index is 0.692. The van der Waals surface area contributed by atoms with Crippen molar-refractivity contribution in [1.82, 2.24) is 4.57 Å². The van der Waals surface area contributed by atoms with E-state index >= 15 is 0 Å². The Kier molecular flexibility index (Phi) is 1.71. The van der Waals surface area contributed by atoms with E-state index in [2.05, 4.69) is 6.58 Å². The number of carbonyl (C=O) groups is 1. The second kappa shape index (κ2) is 2.52. The SMILES string of the molecule is C=Cc1cc(C=O)cn1C. The number of hydrogen-bond donors (Lipinski definition) is 0. The second-order valence-corrected chi connectivity index (χ2v) is 2.13. The van der Waals surface area contributed by atoms with Gasteiger partial charge in [-0.05, 0) is 12.1 Å². The number of aldehydes is 1. The molecule has 0 fully saturated rings. The van der Waals surface area contributed by atoms with Gasteiger partial charge in [-0.1, -0.05) is 6.58 Å². The fraction of sp³-hybridized carbons (Fsp3) is 0.125. The monoisotopic (exact) mass is 135 g/mol. The predicted octanol–water partition coefficient (Wildman–Crippen LogP) is 1.48. The standard InChI is InChI=1S/C8H9NO/c1-3-8-4-7(6-10)5-9(8)2/h3-6H,1H2,2H3. The number of carbonyl (C=O) groups excluding carboxylic acids is 1. The molecule has 0 saturated heterocycles. The molecule has 52 valence electrons. The zero-order valence-corrected chi connectivity index (χ0v) is 5.87. The Labute approximate surface area is 59.8 Å². The van der Waals surface area contributed by atoms with Crippen molar-refractivity contribution < 1.29 is 4.79 Å². The van der Waals surface area contributed by atoms with Gasteiger partial charge < -0.3 is 4.57 Å². The average molecular weight is 135 g/mol. The van der Waals surface area contributed by atoms with E-state index < -0.39 is 0 Å². The molecule has 0 aromatic carbocycles. The Hall–Kier alpha value is -1.31. The van der Waals surface area contributed by atoms with Crippen molar-refractivity contribution in [2.45, 2.75) is 0 Å². The molecule has 0 unspecified atom stereocenters. The summed E-state index contributed by atoms with van der Waals surface area (Å²) in [5, 5.41) is 0. The van der Waals surface area contributed by atoms with Crippen LogP contribution in [0.1, 0.15) is 16.1 Å². The van der Waals surface area contributed by atoms with Crippen LogP contribution in [0.2, 0.25) is 0 Å². The lowest BCUT2D eigenvalue weighted by Gasteiger charge is -1.91. The van der Waals surface area contributed by atoms with Crippen LogP contribution in [0.4, 0.5) is 0 Å². The summed E-state index contributed by atoms with van der Waals surface area (Å²) < 4.78 is 1.86. The summed E-state index contributed by atoms with van der Waals surface area (Å²) in [6, 6.07) is 1.79. The van der Waals surface area contributed by atoms with E-state index in [1.165, 1.54) is 0 Å². The van der Waals surface area contributed by atoms with Gasteiger partial charge in [0.15, 0.2) is 6.29 Å². The molecule has 2 heteroatoms. The summed E-state index contributed by atoms with van der Waals surface area (Å²) in [4.78, 5) is 10.2. The smallest absolute Gasteiger partial charge is 0.151 e. The molecule has 1 aromatic rings. The Morgan fingerprint density at radius 2 is 2.40 bits per heavy atom. The topological polar surface area (TPSA) is 22.0 Å². The number of hydrogen-bond acceptors (Lipinski definition) is 1. The Morgan fingerprint density at radius 1 is 1.70 bits per heavy atom. The van der Waals surface area contributed by atoms with E-state index in [1.54, 1.807) is 18.3 Å². The van der Waals surface area contributed by atoms with Crippen LogP contribution in [-0.2, 0) is 7.05 Å². The molecule has 0 radical (unpaired) electrons. The molecular formula is C8H9NO. The molecule has 1 rings (SSSR count). The maximum atomic E-state index is 10.2. The van der Waals surface area contributed by atoms with Gasteiger partial charge in [-0.3, -0.25) is 4.79 Å². The quantitative estimate of drug-likeness (QED) is 0.563. The Bertz CT molecular complexity index is 260. The van der Waals surface area contributed by atoms with Gasteiger partial charge >= 0.3 is 0 Å². The minimum absolute atomic E-state index is 0.692. The molecule has 1 aromatic heterocycles. The number of aryl methyl sites for hydroxylation is 1. The van der Waals surface area contributed by atoms with E-state index in [1.807, 2.05) is 11.6 Å². The zero-order chi connectivity index (χ0) is 7.56. The van der Waals surface area contributed by atoms with E-state index in [9.17, 15) is 4.79 Å². The molecule has 0 amide bonds. The predicted molar refractivity (Wildman–Crippen MR) is 40.9 cm³/mol. The fourth-order valence-corrected chi connectivity index (χ4v) is 0.875. The van der Waals surface area contributed by atoms with Crippen LogP contribution in [0, 0.1) is 0 Å². The van der Waals surface area contributed by atoms with Crippen LogP contribution in [0.15, 0.2) is 18.8 Å². The number of nitrogens with zero attached hydrogens (tertiary/aromatic N) is 1. The van der Waals surface area contributed by atoms with Crippen molar-refractivity contribution in [3.8, 4) is 0 Å². The molecule has 0 bridgehead atoms. The Balaban J connectivity index is 3.15. The molecule has 2 nitrogen and oxygen atoms in total. The highest BCUT2D eigenvalue weighted by molar-refractivity contribution is 5.76. The van der Waals surface area contributed by atoms with Gasteiger partial charge in [0.05, 0.1) is 0 Å². The number of rotatable bonds is 2. The van der Waals surface area contributed by atoms with E-state index in [4.69, 9.17) is 0 Å². The third-order valence-corrected chi connectivity index (χ3v) is 1.41. The molecule has 10 heavy (non-hydrogen) atoms. The molecule has 0 saturated carbocycles. The molecule has 0 aliphatic rings. The molecule has 0 aliphatic heterocycles. The lowest BCUT2D eigenvalue weighted by Crippen LogP contribution is -1.85. The molecule has 0 N–H and O–H groups in total. The normalized spacial score (nSPS) is 9.30. The van der Waals surface area contributed by atoms with Crippen molar-refractivity contribution >= 4 is 12.4 Å². The Morgan fingerprint density at radius 3 is 2.70 bits per heavy atom. The van der Waals surface area contributed by atoms with Crippen molar-refractivity contribution in [3.63, 3.8) is 0 Å². The van der Waals surface area contributed by atoms with Crippen LogP contribution in [-0.4, -0.2) is 10.9 Å². The van der Waals surface area contributed by atoms with Crippen LogP contribution >= 0.6 is 0 Å². The van der Waals surface area contributed by atoms with Gasteiger partial charge in [-0.15, -0.1) is 0 Å². The van der Waals surface area contributed by atoms with Crippen LogP contribution in [0.3, 0.4) is 0 Å². The summed E-state index contributed by atoms with van der Waals surface area (Å²) in [7, 11) is 1.88. The average Bonchev–Trinajstić information content (AvgIpc) is 2.30. The van der Waals surface area contributed by atoms with Gasteiger partial charge in [-0.2, -0.15) is 0 Å². The third-order valence-electron chi connectivity index (χ3n) is 1.41. The summed E-state index contributed by atoms with van der Waals surface area (Å²) in [6.45, 7) is 3.60. The lowest BCUT2D eigenvalue weighted by molar-refractivity contribution is 0.112. The van der Waals surface area contributed by atoms with Crippen molar-refractivity contribution in [1.29, 1.82) is 0 Å². The lowest BCUT2D eigenvalue weighted by atomic mass is 10.3. The zero-order valence-electron chi connectivity index (χ0n) is 5.87. The molecule has 0 aliphatic carbocycles. The highest BCUT2D eigenvalue weighted by atomic mass is 16.1.